The van der Waals surface area contributed by atoms with Gasteiger partial charge in [-0.25, -0.2) is 9.97 Å². The summed E-state index contributed by atoms with van der Waals surface area (Å²) >= 11 is 0. The molecule has 1 radical (unpaired) electrons. The molecule has 24 heteroatoms. The summed E-state index contributed by atoms with van der Waals surface area (Å²) < 4.78 is 45.7. The number of aliphatic hydroxyl groups is 2. The molecule has 0 saturated heterocycles. The Kier molecular flexibility index (Phi) is 12.8. The van der Waals surface area contributed by atoms with Gasteiger partial charge in [0.15, 0.2) is 0 Å². The third kappa shape index (κ3) is 8.30. The second-order valence-corrected chi connectivity index (χ2v) is 14.2. The van der Waals surface area contributed by atoms with Gasteiger partial charge in [-0.3, -0.25) is 18.3 Å². The number of imidazole rings is 2. The van der Waals surface area contributed by atoms with E-state index in [4.69, 9.17) is 39.1 Å². The quantitative estimate of drug-likeness (QED) is 0.132. The molecule has 19 nitrogen and oxygen atoms in total. The zero-order chi connectivity index (χ0) is 25.2. The van der Waals surface area contributed by atoms with Gasteiger partial charge >= 0.3 is 30.4 Å². The molecule has 0 aliphatic heterocycles. The number of nitrogens with zero attached hydrogens (tertiary/aromatic N) is 4. The molecule has 2 aromatic heterocycles. The van der Waals surface area contributed by atoms with Crippen LogP contribution < -0.4 is 0 Å². The van der Waals surface area contributed by atoms with E-state index >= 15 is 0 Å². The van der Waals surface area contributed by atoms with E-state index in [1.165, 1.54) is 24.8 Å². The second-order valence-electron chi connectivity index (χ2n) is 6.19. The molecule has 0 bridgehead atoms. The average molecular weight is 660 g/mol. The summed E-state index contributed by atoms with van der Waals surface area (Å²) in [5.74, 6) is 0. The maximum absolute atomic E-state index is 10.9. The van der Waals surface area contributed by atoms with Crippen LogP contribution in [0.5, 0.6) is 0 Å². The molecule has 0 aromatic carbocycles. The Bertz CT molecular complexity index is 941. The van der Waals surface area contributed by atoms with E-state index in [-0.39, 0.29) is 25.6 Å². The minimum absolute atomic E-state index is 0. The molecule has 0 aliphatic rings. The summed E-state index contributed by atoms with van der Waals surface area (Å²) in [5, 5.41) is 12.1. The topological polar surface area (TPSA) is 336 Å². The van der Waals surface area contributed by atoms with Crippen LogP contribution in [-0.4, -0.2) is 84.1 Å². The molecule has 199 valence electrons. The van der Waals surface area contributed by atoms with Crippen molar-refractivity contribution in [3.63, 3.8) is 0 Å². The number of hydrogen-bond acceptors (Lipinski definition) is 9. The third-order valence-electron chi connectivity index (χ3n) is 3.77. The molecule has 0 unspecified atom stereocenters. The van der Waals surface area contributed by atoms with Crippen molar-refractivity contribution in [3.05, 3.63) is 37.4 Å². The summed E-state index contributed by atoms with van der Waals surface area (Å²) in [6.07, 6.45) is 7.01. The van der Waals surface area contributed by atoms with Crippen molar-refractivity contribution >= 4 is 30.4 Å². The molecular formula is C10H21N4O15P4Tc-. The SMILES string of the molecule is O=P(O)(O)C(O)(Cn1ccnc1)P(=O)(O)O.O=P(O)(O)C(O)(Cn1ccnc1)P(=O)(O)O.[99Tc].[OH-]. The van der Waals surface area contributed by atoms with Crippen molar-refractivity contribution in [3.8, 4) is 0 Å². The van der Waals surface area contributed by atoms with Gasteiger partial charge in [0.2, 0.25) is 0 Å². The maximum Gasteiger partial charge on any atom is 0.371 e. The van der Waals surface area contributed by atoms with Crippen LogP contribution in [-0.2, 0) is 51.5 Å². The van der Waals surface area contributed by atoms with Gasteiger partial charge < -0.3 is 64.0 Å². The number of aromatic nitrogens is 4. The van der Waals surface area contributed by atoms with Gasteiger partial charge in [-0.15, -0.1) is 0 Å². The first kappa shape index (κ1) is 35.7. The predicted octanol–water partition coefficient (Wildman–Crippen LogP) is -2.41. The van der Waals surface area contributed by atoms with Gasteiger partial charge in [0.05, 0.1) is 25.7 Å². The fraction of sp³-hybridized carbons (Fsp3) is 0.400. The largest absolute Gasteiger partial charge is 0.870 e. The summed E-state index contributed by atoms with van der Waals surface area (Å²) in [5.41, 5.74) is 0. The monoisotopic (exact) mass is 660 g/mol. The number of hydrogen-bond donors (Lipinski definition) is 10. The first-order valence-electron chi connectivity index (χ1n) is 7.74. The predicted molar refractivity (Wildman–Crippen MR) is 104 cm³/mol. The minimum Gasteiger partial charge on any atom is -0.870 e. The molecule has 0 atom stereocenters. The van der Waals surface area contributed by atoms with Crippen LogP contribution in [0.15, 0.2) is 37.4 Å². The van der Waals surface area contributed by atoms with Gasteiger partial charge in [-0.05, 0) is 0 Å². The van der Waals surface area contributed by atoms with E-state index in [9.17, 15) is 28.5 Å². The zero-order valence-corrected chi connectivity index (χ0v) is 21.8. The molecule has 2 aromatic rings. The maximum atomic E-state index is 10.9. The molecule has 0 fully saturated rings. The standard InChI is InChI=1S/2C5H10N2O7P2.H2O.Tc/c2*8-5(15(9,10)11,16(12,13)14)3-7-2-1-6-4-7;;/h2*1-2,4,8H,3H2,(H2,9,10,11)(H2,12,13,14);1H2;/p-1/i;;;1+1. The Hall–Kier alpha value is -0.451. The van der Waals surface area contributed by atoms with Crippen LogP contribution in [0.25, 0.3) is 0 Å². The van der Waals surface area contributed by atoms with Crippen molar-refractivity contribution in [1.29, 1.82) is 0 Å². The molecule has 0 amide bonds. The smallest absolute Gasteiger partial charge is 0.371 e. The van der Waals surface area contributed by atoms with Crippen LogP contribution in [0.2, 0.25) is 0 Å². The summed E-state index contributed by atoms with van der Waals surface area (Å²) in [4.78, 5) is 77.5. The molecule has 0 aliphatic carbocycles. The molecule has 11 N–H and O–H groups in total. The fourth-order valence-electron chi connectivity index (χ4n) is 1.96. The van der Waals surface area contributed by atoms with Crippen molar-refractivity contribution < 1.29 is 93.2 Å². The van der Waals surface area contributed by atoms with E-state index in [0.717, 1.165) is 21.8 Å². The Morgan fingerprint density at radius 1 is 0.618 bits per heavy atom. The molecular weight excluding hydrogens is 639 g/mol. The third-order valence-corrected chi connectivity index (χ3v) is 11.2. The van der Waals surface area contributed by atoms with Crippen LogP contribution in [0.1, 0.15) is 0 Å². The van der Waals surface area contributed by atoms with Gasteiger partial charge in [0.25, 0.3) is 10.2 Å². The van der Waals surface area contributed by atoms with E-state index in [0.29, 0.717) is 0 Å². The van der Waals surface area contributed by atoms with E-state index in [1.54, 1.807) is 0 Å². The zero-order valence-electron chi connectivity index (χ0n) is 16.4. The van der Waals surface area contributed by atoms with Crippen molar-refractivity contribution in [1.82, 2.24) is 19.1 Å². The van der Waals surface area contributed by atoms with Gasteiger partial charge in [-0.2, -0.15) is 0 Å². The minimum atomic E-state index is -5.41. The van der Waals surface area contributed by atoms with Crippen molar-refractivity contribution in [2.45, 2.75) is 23.3 Å². The Balaban J connectivity index is 0. The summed E-state index contributed by atoms with van der Waals surface area (Å²) in [7, 11) is -21.6. The van der Waals surface area contributed by atoms with Gasteiger partial charge in [0, 0.05) is 44.9 Å². The Morgan fingerprint density at radius 3 is 1.00 bits per heavy atom. The first-order chi connectivity index (χ1) is 14.2. The van der Waals surface area contributed by atoms with Crippen LogP contribution >= 0.6 is 30.4 Å². The Labute approximate surface area is 203 Å². The van der Waals surface area contributed by atoms with Crippen molar-refractivity contribution in [2.24, 2.45) is 0 Å². The van der Waals surface area contributed by atoms with Crippen LogP contribution in [0.4, 0.5) is 0 Å². The average Bonchev–Trinajstić information content (AvgIpc) is 3.25. The molecule has 2 heterocycles. The van der Waals surface area contributed by atoms with Crippen LogP contribution in [0, 0.1) is 0 Å². The molecule has 34 heavy (non-hydrogen) atoms. The summed E-state index contributed by atoms with van der Waals surface area (Å²) in [6, 6.07) is 0. The van der Waals surface area contributed by atoms with Crippen molar-refractivity contribution in [2.75, 3.05) is 0 Å². The number of rotatable bonds is 8. The van der Waals surface area contributed by atoms with Crippen LogP contribution in [0.3, 0.4) is 0 Å². The van der Waals surface area contributed by atoms with E-state index in [1.807, 2.05) is 0 Å². The van der Waals surface area contributed by atoms with E-state index in [2.05, 4.69) is 9.97 Å². The molecule has 2 rings (SSSR count). The first-order valence-corrected chi connectivity index (χ1v) is 14.2. The second kappa shape index (κ2) is 12.2. The Morgan fingerprint density at radius 2 is 0.853 bits per heavy atom. The molecule has 0 spiro atoms. The van der Waals surface area contributed by atoms with Gasteiger partial charge in [0.1, 0.15) is 0 Å². The van der Waals surface area contributed by atoms with E-state index < -0.39 is 53.6 Å². The summed E-state index contributed by atoms with van der Waals surface area (Å²) in [6.45, 7) is -1.91. The molecule has 0 saturated carbocycles. The van der Waals surface area contributed by atoms with Gasteiger partial charge in [-0.1, -0.05) is 0 Å². The normalized spacial score (nSPS) is 13.2. The fourth-order valence-corrected chi connectivity index (χ4v) is 6.06.